The van der Waals surface area contributed by atoms with E-state index in [4.69, 9.17) is 0 Å². The number of nitrogens with one attached hydrogen (secondary N) is 1. The van der Waals surface area contributed by atoms with Crippen LogP contribution in [0.4, 0.5) is 0 Å². The van der Waals surface area contributed by atoms with E-state index in [1.165, 1.54) is 12.8 Å². The summed E-state index contributed by atoms with van der Waals surface area (Å²) in [5.41, 5.74) is 0.164. The summed E-state index contributed by atoms with van der Waals surface area (Å²) in [5.74, 6) is 0. The minimum atomic E-state index is 0.164. The van der Waals surface area contributed by atoms with Crippen molar-refractivity contribution in [2.45, 2.75) is 31.8 Å². The van der Waals surface area contributed by atoms with Gasteiger partial charge >= 0.3 is 0 Å². The highest BCUT2D eigenvalue weighted by molar-refractivity contribution is 7.13. The molecule has 90 valence electrons. The van der Waals surface area contributed by atoms with E-state index in [-0.39, 0.29) is 5.56 Å². The summed E-state index contributed by atoms with van der Waals surface area (Å²) in [6, 6.07) is 8.59. The van der Waals surface area contributed by atoms with Crippen molar-refractivity contribution in [2.75, 3.05) is 6.54 Å². The third kappa shape index (κ3) is 2.42. The third-order valence-electron chi connectivity index (χ3n) is 3.10. The van der Waals surface area contributed by atoms with E-state index in [0.29, 0.717) is 0 Å². The van der Waals surface area contributed by atoms with Crippen molar-refractivity contribution in [2.24, 2.45) is 0 Å². The maximum atomic E-state index is 12.0. The van der Waals surface area contributed by atoms with Gasteiger partial charge in [0.25, 0.3) is 5.56 Å². The standard InChI is InChI=1S/C13H16N2OS/c16-13-11-4-1-2-5-12(11)17-15(13)9-3-8-14-10-6-7-10/h1-2,4-5,10,14H,3,6-9H2. The molecular weight excluding hydrogens is 232 g/mol. The molecule has 1 aromatic heterocycles. The molecular formula is C13H16N2OS. The Morgan fingerprint density at radius 2 is 2.18 bits per heavy atom. The maximum absolute atomic E-state index is 12.0. The van der Waals surface area contributed by atoms with E-state index in [0.717, 1.165) is 35.6 Å². The van der Waals surface area contributed by atoms with Crippen LogP contribution in [0.15, 0.2) is 29.1 Å². The zero-order valence-corrected chi connectivity index (χ0v) is 10.5. The molecule has 1 heterocycles. The lowest BCUT2D eigenvalue weighted by atomic mass is 10.3. The first-order valence-corrected chi connectivity index (χ1v) is 6.94. The molecule has 1 N–H and O–H groups in total. The molecule has 3 nitrogen and oxygen atoms in total. The average Bonchev–Trinajstić information content (AvgIpc) is 3.12. The topological polar surface area (TPSA) is 34.0 Å². The minimum absolute atomic E-state index is 0.164. The van der Waals surface area contributed by atoms with Crippen LogP contribution < -0.4 is 10.9 Å². The molecule has 0 radical (unpaired) electrons. The fraction of sp³-hybridized carbons (Fsp3) is 0.462. The summed E-state index contributed by atoms with van der Waals surface area (Å²) < 4.78 is 2.96. The van der Waals surface area contributed by atoms with Gasteiger partial charge < -0.3 is 5.32 Å². The van der Waals surface area contributed by atoms with Crippen molar-refractivity contribution >= 4 is 21.6 Å². The molecule has 0 amide bonds. The first-order chi connectivity index (χ1) is 8.34. The van der Waals surface area contributed by atoms with E-state index in [9.17, 15) is 4.79 Å². The number of nitrogens with zero attached hydrogens (tertiary/aromatic N) is 1. The molecule has 0 spiro atoms. The third-order valence-corrected chi connectivity index (χ3v) is 4.22. The van der Waals surface area contributed by atoms with Crippen LogP contribution in [0.2, 0.25) is 0 Å². The molecule has 4 heteroatoms. The second-order valence-electron chi connectivity index (χ2n) is 4.58. The van der Waals surface area contributed by atoms with Crippen LogP contribution in [0.5, 0.6) is 0 Å². The Balaban J connectivity index is 1.67. The van der Waals surface area contributed by atoms with Gasteiger partial charge in [0.2, 0.25) is 0 Å². The van der Waals surface area contributed by atoms with Gasteiger partial charge in [0.1, 0.15) is 0 Å². The summed E-state index contributed by atoms with van der Waals surface area (Å²) in [5, 5.41) is 4.32. The zero-order valence-electron chi connectivity index (χ0n) is 9.69. The number of aryl methyl sites for hydroxylation is 1. The SMILES string of the molecule is O=c1c2ccccc2sn1CCCNC1CC1. The van der Waals surface area contributed by atoms with E-state index >= 15 is 0 Å². The largest absolute Gasteiger partial charge is 0.314 e. The Bertz CT molecular complexity index is 568. The van der Waals surface area contributed by atoms with Crippen LogP contribution in [0.25, 0.3) is 10.1 Å². The molecule has 2 aromatic rings. The number of aromatic nitrogens is 1. The number of benzene rings is 1. The molecule has 0 atom stereocenters. The predicted octanol–water partition coefficient (Wildman–Crippen LogP) is 2.21. The highest BCUT2D eigenvalue weighted by Gasteiger charge is 2.19. The number of fused-ring (bicyclic) bond motifs is 1. The lowest BCUT2D eigenvalue weighted by molar-refractivity contribution is 0.594. The van der Waals surface area contributed by atoms with Gasteiger partial charge in [0, 0.05) is 12.6 Å². The first-order valence-electron chi connectivity index (χ1n) is 6.17. The molecule has 1 saturated carbocycles. The molecule has 3 rings (SSSR count). The van der Waals surface area contributed by atoms with Crippen molar-refractivity contribution in [1.82, 2.24) is 9.27 Å². The predicted molar refractivity (Wildman–Crippen MR) is 71.7 cm³/mol. The Kier molecular flexibility index (Phi) is 2.99. The van der Waals surface area contributed by atoms with Crippen LogP contribution >= 0.6 is 11.5 Å². The van der Waals surface area contributed by atoms with E-state index in [2.05, 4.69) is 5.32 Å². The number of hydrogen-bond acceptors (Lipinski definition) is 3. The van der Waals surface area contributed by atoms with Crippen molar-refractivity contribution in [3.05, 3.63) is 34.6 Å². The van der Waals surface area contributed by atoms with Gasteiger partial charge in [-0.3, -0.25) is 8.75 Å². The van der Waals surface area contributed by atoms with Crippen molar-refractivity contribution in [1.29, 1.82) is 0 Å². The van der Waals surface area contributed by atoms with Gasteiger partial charge in [0.05, 0.1) is 10.1 Å². The lowest BCUT2D eigenvalue weighted by Gasteiger charge is -2.02. The fourth-order valence-electron chi connectivity index (χ4n) is 1.98. The smallest absolute Gasteiger partial charge is 0.268 e. The van der Waals surface area contributed by atoms with Gasteiger partial charge in [-0.05, 0) is 37.9 Å². The highest BCUT2D eigenvalue weighted by Crippen LogP contribution is 2.18. The Morgan fingerprint density at radius 1 is 1.35 bits per heavy atom. The Hall–Kier alpha value is -1.13. The van der Waals surface area contributed by atoms with Gasteiger partial charge in [0.15, 0.2) is 0 Å². The second-order valence-corrected chi connectivity index (χ2v) is 5.64. The molecule has 0 bridgehead atoms. The molecule has 0 unspecified atom stereocenters. The molecule has 0 aliphatic heterocycles. The monoisotopic (exact) mass is 248 g/mol. The van der Waals surface area contributed by atoms with Crippen LogP contribution in [0.3, 0.4) is 0 Å². The van der Waals surface area contributed by atoms with Crippen LogP contribution in [-0.2, 0) is 6.54 Å². The summed E-state index contributed by atoms with van der Waals surface area (Å²) in [6.07, 6.45) is 3.68. The second kappa shape index (κ2) is 4.63. The van der Waals surface area contributed by atoms with E-state index in [1.807, 2.05) is 28.2 Å². The number of hydrogen-bond donors (Lipinski definition) is 1. The van der Waals surface area contributed by atoms with Crippen LogP contribution in [0.1, 0.15) is 19.3 Å². The maximum Gasteiger partial charge on any atom is 0.268 e. The van der Waals surface area contributed by atoms with Crippen molar-refractivity contribution in [3.8, 4) is 0 Å². The highest BCUT2D eigenvalue weighted by atomic mass is 32.1. The quantitative estimate of drug-likeness (QED) is 0.823. The van der Waals surface area contributed by atoms with Gasteiger partial charge in [-0.1, -0.05) is 23.7 Å². The summed E-state index contributed by atoms with van der Waals surface area (Å²) in [6.45, 7) is 1.85. The summed E-state index contributed by atoms with van der Waals surface area (Å²) in [7, 11) is 0. The fourth-order valence-corrected chi connectivity index (χ4v) is 3.01. The van der Waals surface area contributed by atoms with Crippen molar-refractivity contribution in [3.63, 3.8) is 0 Å². The average molecular weight is 248 g/mol. The van der Waals surface area contributed by atoms with Gasteiger partial charge in [-0.2, -0.15) is 0 Å². The first kappa shape index (κ1) is 11.0. The van der Waals surface area contributed by atoms with Gasteiger partial charge in [-0.15, -0.1) is 0 Å². The Morgan fingerprint density at radius 3 is 2.94 bits per heavy atom. The number of rotatable bonds is 5. The van der Waals surface area contributed by atoms with Gasteiger partial charge in [-0.25, -0.2) is 0 Å². The summed E-state index contributed by atoms with van der Waals surface area (Å²) in [4.78, 5) is 12.0. The Labute approximate surface area is 104 Å². The van der Waals surface area contributed by atoms with E-state index in [1.54, 1.807) is 11.5 Å². The van der Waals surface area contributed by atoms with E-state index < -0.39 is 0 Å². The molecule has 0 saturated heterocycles. The molecule has 1 aromatic carbocycles. The van der Waals surface area contributed by atoms with Crippen molar-refractivity contribution < 1.29 is 0 Å². The normalized spacial score (nSPS) is 15.5. The summed E-state index contributed by atoms with van der Waals surface area (Å²) >= 11 is 1.57. The molecule has 1 aliphatic carbocycles. The zero-order chi connectivity index (χ0) is 11.7. The van der Waals surface area contributed by atoms with Crippen LogP contribution in [-0.4, -0.2) is 16.5 Å². The molecule has 1 fully saturated rings. The lowest BCUT2D eigenvalue weighted by Crippen LogP contribution is -2.21. The van der Waals surface area contributed by atoms with Crippen LogP contribution in [0, 0.1) is 0 Å². The minimum Gasteiger partial charge on any atom is -0.314 e. The molecule has 1 aliphatic rings. The molecule has 17 heavy (non-hydrogen) atoms.